The maximum absolute atomic E-state index is 8.56. The number of rotatable bonds is 9. The third-order valence-corrected chi connectivity index (χ3v) is 3.59. The number of nitrogens with zero attached hydrogens (tertiary/aromatic N) is 2. The molecular formula is C17H23N3O. The summed E-state index contributed by atoms with van der Waals surface area (Å²) in [4.78, 5) is 0. The molecule has 1 aromatic carbocycles. The molecule has 0 fully saturated rings. The van der Waals surface area contributed by atoms with Gasteiger partial charge in [0.15, 0.2) is 0 Å². The van der Waals surface area contributed by atoms with Crippen LogP contribution < -0.4 is 5.32 Å². The first-order valence-corrected chi connectivity index (χ1v) is 7.49. The lowest BCUT2D eigenvalue weighted by Gasteiger charge is -2.07. The van der Waals surface area contributed by atoms with Gasteiger partial charge in [-0.15, -0.1) is 0 Å². The van der Waals surface area contributed by atoms with Gasteiger partial charge in [0.2, 0.25) is 0 Å². The molecule has 1 N–H and O–H groups in total. The van der Waals surface area contributed by atoms with Gasteiger partial charge in [-0.2, -0.15) is 5.26 Å². The highest BCUT2D eigenvalue weighted by Crippen LogP contribution is 2.18. The van der Waals surface area contributed by atoms with Gasteiger partial charge in [-0.1, -0.05) is 6.07 Å². The highest BCUT2D eigenvalue weighted by atomic mass is 16.5. The average Bonchev–Trinajstić information content (AvgIpc) is 2.91. The second-order valence-corrected chi connectivity index (χ2v) is 5.19. The minimum atomic E-state index is 0.649. The van der Waals surface area contributed by atoms with Crippen LogP contribution in [0.4, 0.5) is 0 Å². The number of unbranched alkanes of at least 4 members (excludes halogenated alkanes) is 2. The van der Waals surface area contributed by atoms with Crippen LogP contribution in [0.25, 0.3) is 10.9 Å². The zero-order valence-corrected chi connectivity index (χ0v) is 12.6. The molecule has 2 rings (SSSR count). The molecule has 0 amide bonds. The lowest BCUT2D eigenvalue weighted by Crippen LogP contribution is -2.18. The molecule has 1 heterocycles. The molecule has 0 bridgehead atoms. The van der Waals surface area contributed by atoms with E-state index in [4.69, 9.17) is 10.00 Å². The highest BCUT2D eigenvalue weighted by Gasteiger charge is 2.02. The zero-order valence-electron chi connectivity index (χ0n) is 12.6. The molecule has 1 aromatic heterocycles. The van der Waals surface area contributed by atoms with Gasteiger partial charge >= 0.3 is 0 Å². The smallest absolute Gasteiger partial charge is 0.0621 e. The van der Waals surface area contributed by atoms with Crippen molar-refractivity contribution in [2.75, 3.05) is 20.3 Å². The Balaban J connectivity index is 1.93. The van der Waals surface area contributed by atoms with Gasteiger partial charge in [0.25, 0.3) is 0 Å². The third kappa shape index (κ3) is 4.59. The molecule has 4 nitrogen and oxygen atoms in total. The quantitative estimate of drug-likeness (QED) is 0.720. The maximum atomic E-state index is 8.56. The molecule has 0 saturated heterocycles. The summed E-state index contributed by atoms with van der Waals surface area (Å²) in [6, 6.07) is 11.0. The molecule has 0 aliphatic rings. The Labute approximate surface area is 126 Å². The summed E-state index contributed by atoms with van der Waals surface area (Å²) in [5.74, 6) is 0. The van der Waals surface area contributed by atoms with Gasteiger partial charge in [0.05, 0.1) is 12.7 Å². The summed E-state index contributed by atoms with van der Waals surface area (Å²) >= 11 is 0. The van der Waals surface area contributed by atoms with Crippen LogP contribution in [0, 0.1) is 11.3 Å². The van der Waals surface area contributed by atoms with Gasteiger partial charge in [0, 0.05) is 44.9 Å². The van der Waals surface area contributed by atoms with E-state index >= 15 is 0 Å². The second-order valence-electron chi connectivity index (χ2n) is 5.19. The number of nitrogens with one attached hydrogen (secondary N) is 1. The number of methoxy groups -OCH3 is 1. The van der Waals surface area contributed by atoms with Gasteiger partial charge in [0.1, 0.15) is 0 Å². The molecule has 0 aliphatic carbocycles. The largest absolute Gasteiger partial charge is 0.383 e. The molecule has 0 aliphatic heterocycles. The summed E-state index contributed by atoms with van der Waals surface area (Å²) in [6.07, 6.45) is 4.81. The van der Waals surface area contributed by atoms with Crippen LogP contribution in [0.1, 0.15) is 24.8 Å². The van der Waals surface area contributed by atoms with Crippen molar-refractivity contribution in [3.05, 3.63) is 36.0 Å². The average molecular weight is 285 g/mol. The summed E-state index contributed by atoms with van der Waals surface area (Å²) in [5.41, 5.74) is 2.56. The number of aryl methyl sites for hydroxylation is 1. The van der Waals surface area contributed by atoms with E-state index < -0.39 is 0 Å². The summed E-state index contributed by atoms with van der Waals surface area (Å²) < 4.78 is 7.29. The van der Waals surface area contributed by atoms with E-state index in [-0.39, 0.29) is 0 Å². The number of fused-ring (bicyclic) bond motifs is 1. The molecule has 0 spiro atoms. The van der Waals surface area contributed by atoms with Crippen LogP contribution in [0.5, 0.6) is 0 Å². The molecule has 2 aromatic rings. The fourth-order valence-electron chi connectivity index (χ4n) is 2.45. The van der Waals surface area contributed by atoms with Crippen molar-refractivity contribution >= 4 is 10.9 Å². The van der Waals surface area contributed by atoms with Crippen molar-refractivity contribution < 1.29 is 4.74 Å². The first-order chi connectivity index (χ1) is 10.3. The molecule has 0 radical (unpaired) electrons. The minimum Gasteiger partial charge on any atom is -0.383 e. The number of aromatic nitrogens is 1. The van der Waals surface area contributed by atoms with Crippen molar-refractivity contribution in [2.45, 2.75) is 32.4 Å². The maximum Gasteiger partial charge on any atom is 0.0621 e. The van der Waals surface area contributed by atoms with E-state index in [1.807, 2.05) is 0 Å². The number of hydrogen-bond donors (Lipinski definition) is 1. The topological polar surface area (TPSA) is 50.0 Å². The van der Waals surface area contributed by atoms with E-state index in [2.05, 4.69) is 46.4 Å². The Kier molecular flexibility index (Phi) is 6.26. The predicted molar refractivity (Wildman–Crippen MR) is 85.0 cm³/mol. The summed E-state index contributed by atoms with van der Waals surface area (Å²) in [6.45, 7) is 3.46. The normalized spacial score (nSPS) is 10.9. The number of benzene rings is 1. The summed E-state index contributed by atoms with van der Waals surface area (Å²) in [7, 11) is 1.72. The van der Waals surface area contributed by atoms with Crippen molar-refractivity contribution in [3.63, 3.8) is 0 Å². The third-order valence-electron chi connectivity index (χ3n) is 3.59. The Hall–Kier alpha value is -1.83. The lowest BCUT2D eigenvalue weighted by atomic mass is 10.1. The van der Waals surface area contributed by atoms with Crippen molar-refractivity contribution in [2.24, 2.45) is 0 Å². The van der Waals surface area contributed by atoms with Gasteiger partial charge < -0.3 is 14.6 Å². The number of hydrogen-bond acceptors (Lipinski definition) is 3. The minimum absolute atomic E-state index is 0.649. The fourth-order valence-corrected chi connectivity index (χ4v) is 2.45. The lowest BCUT2D eigenvalue weighted by molar-refractivity contribution is 0.199. The van der Waals surface area contributed by atoms with Crippen LogP contribution in [0.15, 0.2) is 30.5 Å². The van der Waals surface area contributed by atoms with Crippen LogP contribution in [0.3, 0.4) is 0 Å². The van der Waals surface area contributed by atoms with E-state index in [1.165, 1.54) is 16.5 Å². The van der Waals surface area contributed by atoms with E-state index in [1.54, 1.807) is 7.11 Å². The van der Waals surface area contributed by atoms with E-state index in [9.17, 15) is 0 Å². The van der Waals surface area contributed by atoms with Crippen molar-refractivity contribution in [1.82, 2.24) is 9.88 Å². The summed E-state index contributed by atoms with van der Waals surface area (Å²) in [5, 5.41) is 13.2. The zero-order chi connectivity index (χ0) is 14.9. The Morgan fingerprint density at radius 1 is 1.29 bits per heavy atom. The van der Waals surface area contributed by atoms with Gasteiger partial charge in [-0.25, -0.2) is 0 Å². The Morgan fingerprint density at radius 3 is 3.00 bits per heavy atom. The predicted octanol–water partition coefficient (Wildman–Crippen LogP) is 3.07. The standard InChI is InChI=1S/C17H23N3O/c1-21-12-9-19-14-15-5-6-17-16(13-15)7-11-20(17)10-4-2-3-8-18/h5-7,11,13,19H,2-4,9-10,12,14H2,1H3. The number of ether oxygens (including phenoxy) is 1. The fraction of sp³-hybridized carbons (Fsp3) is 0.471. The SMILES string of the molecule is COCCNCc1ccc2c(ccn2CCCCC#N)c1. The second kappa shape index (κ2) is 8.46. The monoisotopic (exact) mass is 285 g/mol. The van der Waals surface area contributed by atoms with Crippen molar-refractivity contribution in [1.29, 1.82) is 5.26 Å². The molecule has 0 unspecified atom stereocenters. The molecule has 4 heteroatoms. The highest BCUT2D eigenvalue weighted by molar-refractivity contribution is 5.80. The van der Waals surface area contributed by atoms with Gasteiger partial charge in [-0.3, -0.25) is 0 Å². The first kappa shape index (κ1) is 15.6. The van der Waals surface area contributed by atoms with Crippen molar-refractivity contribution in [3.8, 4) is 6.07 Å². The van der Waals surface area contributed by atoms with Gasteiger partial charge in [-0.05, 0) is 42.0 Å². The van der Waals surface area contributed by atoms with Crippen LogP contribution >= 0.6 is 0 Å². The molecule has 0 atom stereocenters. The molecule has 112 valence electrons. The van der Waals surface area contributed by atoms with E-state index in [0.717, 1.165) is 39.1 Å². The number of nitriles is 1. The van der Waals surface area contributed by atoms with E-state index in [0.29, 0.717) is 6.42 Å². The molecule has 21 heavy (non-hydrogen) atoms. The molecule has 0 saturated carbocycles. The molecular weight excluding hydrogens is 262 g/mol. The Morgan fingerprint density at radius 2 is 2.19 bits per heavy atom. The van der Waals surface area contributed by atoms with Crippen LogP contribution in [-0.2, 0) is 17.8 Å². The first-order valence-electron chi connectivity index (χ1n) is 7.49. The Bertz CT molecular complexity index is 598. The van der Waals surface area contributed by atoms with Crippen LogP contribution in [-0.4, -0.2) is 24.8 Å². The van der Waals surface area contributed by atoms with Crippen LogP contribution in [0.2, 0.25) is 0 Å².